The second-order valence-electron chi connectivity index (χ2n) is 7.11. The van der Waals surface area contributed by atoms with Crippen LogP contribution in [0.3, 0.4) is 0 Å². The molecule has 120 valence electrons. The molecule has 2 N–H and O–H groups in total. The molecule has 0 bridgehead atoms. The zero-order valence-corrected chi connectivity index (χ0v) is 15.0. The van der Waals surface area contributed by atoms with Crippen molar-refractivity contribution in [1.82, 2.24) is 4.90 Å². The van der Waals surface area contributed by atoms with Crippen molar-refractivity contribution in [3.8, 4) is 0 Å². The summed E-state index contributed by atoms with van der Waals surface area (Å²) in [4.78, 5) is 2.43. The van der Waals surface area contributed by atoms with E-state index >= 15 is 0 Å². The van der Waals surface area contributed by atoms with Gasteiger partial charge in [0.25, 0.3) is 0 Å². The van der Waals surface area contributed by atoms with Crippen LogP contribution >= 0.6 is 11.6 Å². The Morgan fingerprint density at radius 2 is 1.71 bits per heavy atom. The predicted molar refractivity (Wildman–Crippen MR) is 93.6 cm³/mol. The van der Waals surface area contributed by atoms with Gasteiger partial charge in [-0.1, -0.05) is 51.4 Å². The maximum Gasteiger partial charge on any atom is 0.0409 e. The van der Waals surface area contributed by atoms with E-state index in [0.29, 0.717) is 18.4 Å². The van der Waals surface area contributed by atoms with Crippen LogP contribution in [0.2, 0.25) is 5.02 Å². The largest absolute Gasteiger partial charge is 0.329 e. The van der Waals surface area contributed by atoms with Gasteiger partial charge in [-0.3, -0.25) is 4.90 Å². The van der Waals surface area contributed by atoms with Crippen LogP contribution in [-0.4, -0.2) is 24.0 Å². The standard InChI is InChI=1S/C18H31ClN2/c1-14(2)10-18(13-20,11-15(3)4)21(5)12-16-7-6-8-17(19)9-16/h6-9,14-15H,10-13,20H2,1-5H3. The zero-order valence-electron chi connectivity index (χ0n) is 14.2. The third-order valence-electron chi connectivity index (χ3n) is 4.07. The molecule has 3 heteroatoms. The number of likely N-dealkylation sites (N-methyl/N-ethyl adjacent to an activating group) is 1. The number of halogens is 1. The Bertz CT molecular complexity index is 419. The van der Waals surface area contributed by atoms with Crippen LogP contribution in [0.15, 0.2) is 24.3 Å². The number of hydrogen-bond acceptors (Lipinski definition) is 2. The van der Waals surface area contributed by atoms with Gasteiger partial charge in [-0.15, -0.1) is 0 Å². The Hall–Kier alpha value is -0.570. The Morgan fingerprint density at radius 3 is 2.14 bits per heavy atom. The van der Waals surface area contributed by atoms with Crippen LogP contribution in [-0.2, 0) is 6.54 Å². The molecule has 21 heavy (non-hydrogen) atoms. The van der Waals surface area contributed by atoms with Gasteiger partial charge in [0.15, 0.2) is 0 Å². The van der Waals surface area contributed by atoms with Gasteiger partial charge in [-0.05, 0) is 49.4 Å². The van der Waals surface area contributed by atoms with Crippen molar-refractivity contribution >= 4 is 11.6 Å². The number of nitrogens with zero attached hydrogens (tertiary/aromatic N) is 1. The van der Waals surface area contributed by atoms with Gasteiger partial charge < -0.3 is 5.73 Å². The quantitative estimate of drug-likeness (QED) is 0.762. The first-order chi connectivity index (χ1) is 9.79. The van der Waals surface area contributed by atoms with Crippen molar-refractivity contribution in [3.05, 3.63) is 34.9 Å². The number of nitrogens with two attached hydrogens (primary N) is 1. The van der Waals surface area contributed by atoms with Crippen LogP contribution in [0.1, 0.15) is 46.1 Å². The lowest BCUT2D eigenvalue weighted by Gasteiger charge is -2.44. The van der Waals surface area contributed by atoms with E-state index in [-0.39, 0.29) is 5.54 Å². The Kier molecular flexibility index (Phi) is 7.19. The van der Waals surface area contributed by atoms with Crippen molar-refractivity contribution in [3.63, 3.8) is 0 Å². The Labute approximate surface area is 135 Å². The molecule has 0 radical (unpaired) electrons. The molecule has 0 heterocycles. The molecule has 1 rings (SSSR count). The number of rotatable bonds is 8. The third-order valence-corrected chi connectivity index (χ3v) is 4.31. The summed E-state index contributed by atoms with van der Waals surface area (Å²) < 4.78 is 0. The first kappa shape index (κ1) is 18.5. The van der Waals surface area contributed by atoms with Crippen LogP contribution in [0.25, 0.3) is 0 Å². The molecular formula is C18H31ClN2. The van der Waals surface area contributed by atoms with Crippen LogP contribution in [0, 0.1) is 11.8 Å². The summed E-state index contributed by atoms with van der Waals surface area (Å²) in [5.41, 5.74) is 7.53. The van der Waals surface area contributed by atoms with Gasteiger partial charge in [0.2, 0.25) is 0 Å². The van der Waals surface area contributed by atoms with Gasteiger partial charge in [0, 0.05) is 23.7 Å². The van der Waals surface area contributed by atoms with E-state index in [2.05, 4.69) is 45.7 Å². The first-order valence-electron chi connectivity index (χ1n) is 7.95. The zero-order chi connectivity index (χ0) is 16.0. The van der Waals surface area contributed by atoms with Crippen molar-refractivity contribution in [2.45, 2.75) is 52.6 Å². The summed E-state index contributed by atoms with van der Waals surface area (Å²) in [5, 5.41) is 0.798. The maximum atomic E-state index is 6.22. The molecule has 0 aliphatic rings. The van der Waals surface area contributed by atoms with E-state index in [1.807, 2.05) is 18.2 Å². The fourth-order valence-electron chi connectivity index (χ4n) is 3.31. The lowest BCUT2D eigenvalue weighted by Crippen LogP contribution is -2.53. The molecule has 0 unspecified atom stereocenters. The SMILES string of the molecule is CC(C)CC(CN)(CC(C)C)N(C)Cc1cccc(Cl)c1. The Balaban J connectivity index is 2.95. The third kappa shape index (κ3) is 5.61. The topological polar surface area (TPSA) is 29.3 Å². The Morgan fingerprint density at radius 1 is 1.14 bits per heavy atom. The van der Waals surface area contributed by atoms with E-state index in [0.717, 1.165) is 24.4 Å². The maximum absolute atomic E-state index is 6.22. The van der Waals surface area contributed by atoms with E-state index < -0.39 is 0 Å². The number of benzene rings is 1. The normalized spacial score (nSPS) is 12.7. The van der Waals surface area contributed by atoms with E-state index in [9.17, 15) is 0 Å². The summed E-state index contributed by atoms with van der Waals surface area (Å²) in [5.74, 6) is 1.27. The number of hydrogen-bond donors (Lipinski definition) is 1. The summed E-state index contributed by atoms with van der Waals surface area (Å²) in [6.07, 6.45) is 2.25. The van der Waals surface area contributed by atoms with Crippen molar-refractivity contribution < 1.29 is 0 Å². The fourth-order valence-corrected chi connectivity index (χ4v) is 3.53. The minimum Gasteiger partial charge on any atom is -0.329 e. The summed E-state index contributed by atoms with van der Waals surface area (Å²) in [6, 6.07) is 8.11. The second-order valence-corrected chi connectivity index (χ2v) is 7.55. The predicted octanol–water partition coefficient (Wildman–Crippen LogP) is 4.56. The minimum absolute atomic E-state index is 0.0602. The molecule has 0 saturated heterocycles. The van der Waals surface area contributed by atoms with Crippen LogP contribution in [0.4, 0.5) is 0 Å². The van der Waals surface area contributed by atoms with Gasteiger partial charge in [-0.2, -0.15) is 0 Å². The van der Waals surface area contributed by atoms with E-state index in [4.69, 9.17) is 17.3 Å². The molecule has 1 aromatic carbocycles. The van der Waals surface area contributed by atoms with Gasteiger partial charge in [0.1, 0.15) is 0 Å². The highest BCUT2D eigenvalue weighted by Gasteiger charge is 2.34. The van der Waals surface area contributed by atoms with Gasteiger partial charge >= 0.3 is 0 Å². The molecule has 0 aliphatic heterocycles. The van der Waals surface area contributed by atoms with Crippen molar-refractivity contribution in [2.75, 3.05) is 13.6 Å². The summed E-state index contributed by atoms with van der Waals surface area (Å²) in [7, 11) is 2.19. The summed E-state index contributed by atoms with van der Waals surface area (Å²) >= 11 is 6.10. The highest BCUT2D eigenvalue weighted by Crippen LogP contribution is 2.31. The fraction of sp³-hybridized carbons (Fsp3) is 0.667. The van der Waals surface area contributed by atoms with Crippen LogP contribution < -0.4 is 5.73 Å². The first-order valence-corrected chi connectivity index (χ1v) is 8.32. The summed E-state index contributed by atoms with van der Waals surface area (Å²) in [6.45, 7) is 10.7. The average Bonchev–Trinajstić information content (AvgIpc) is 2.36. The molecule has 0 fully saturated rings. The van der Waals surface area contributed by atoms with Crippen molar-refractivity contribution in [1.29, 1.82) is 0 Å². The molecule has 2 nitrogen and oxygen atoms in total. The molecule has 0 atom stereocenters. The molecule has 1 aromatic rings. The molecule has 0 aliphatic carbocycles. The lowest BCUT2D eigenvalue weighted by molar-refractivity contribution is 0.0714. The molecule has 0 amide bonds. The monoisotopic (exact) mass is 310 g/mol. The van der Waals surface area contributed by atoms with Crippen molar-refractivity contribution in [2.24, 2.45) is 17.6 Å². The highest BCUT2D eigenvalue weighted by molar-refractivity contribution is 6.30. The lowest BCUT2D eigenvalue weighted by atomic mass is 9.80. The van der Waals surface area contributed by atoms with E-state index in [1.54, 1.807) is 0 Å². The van der Waals surface area contributed by atoms with Gasteiger partial charge in [-0.25, -0.2) is 0 Å². The molecule has 0 spiro atoms. The van der Waals surface area contributed by atoms with Gasteiger partial charge in [0.05, 0.1) is 0 Å². The average molecular weight is 311 g/mol. The molecular weight excluding hydrogens is 280 g/mol. The highest BCUT2D eigenvalue weighted by atomic mass is 35.5. The smallest absolute Gasteiger partial charge is 0.0409 e. The molecule has 0 aromatic heterocycles. The molecule has 0 saturated carbocycles. The minimum atomic E-state index is 0.0602. The van der Waals surface area contributed by atoms with E-state index in [1.165, 1.54) is 5.56 Å². The second kappa shape index (κ2) is 8.17. The van der Waals surface area contributed by atoms with Crippen LogP contribution in [0.5, 0.6) is 0 Å².